The van der Waals surface area contributed by atoms with Gasteiger partial charge in [-0.3, -0.25) is 4.79 Å². The van der Waals surface area contributed by atoms with E-state index < -0.39 is 34.0 Å². The number of alkyl halides is 3. The number of carboxylic acids is 1. The van der Waals surface area contributed by atoms with Gasteiger partial charge >= 0.3 is 21.5 Å². The molecule has 1 atom stereocenters. The van der Waals surface area contributed by atoms with E-state index in [4.69, 9.17) is 5.11 Å². The van der Waals surface area contributed by atoms with Crippen LogP contribution in [0.25, 0.3) is 0 Å². The first-order valence-corrected chi connectivity index (χ1v) is 6.40. The van der Waals surface area contributed by atoms with E-state index in [2.05, 4.69) is 0 Å². The predicted molar refractivity (Wildman–Crippen MR) is 51.6 cm³/mol. The molecule has 1 aliphatic rings. The highest BCUT2D eigenvalue weighted by Gasteiger charge is 2.52. The summed E-state index contributed by atoms with van der Waals surface area (Å²) in [4.78, 5) is 10.5. The van der Waals surface area contributed by atoms with Crippen molar-refractivity contribution in [1.29, 1.82) is 0 Å². The van der Waals surface area contributed by atoms with E-state index in [0.29, 0.717) is 12.8 Å². The van der Waals surface area contributed by atoms with Gasteiger partial charge in [0.25, 0.3) is 0 Å². The number of hydrogen-bond acceptors (Lipinski definition) is 3. The number of hydrogen-bond donors (Lipinski definition) is 1. The van der Waals surface area contributed by atoms with Gasteiger partial charge in [-0.25, -0.2) is 8.42 Å². The molecule has 0 amide bonds. The summed E-state index contributed by atoms with van der Waals surface area (Å²) in [7, 11) is -5.42. The van der Waals surface area contributed by atoms with Gasteiger partial charge in [0.2, 0.25) is 0 Å². The molecule has 0 radical (unpaired) electrons. The predicted octanol–water partition coefficient (Wildman–Crippen LogP) is 1.17. The van der Waals surface area contributed by atoms with Gasteiger partial charge in [-0.05, 0) is 12.8 Å². The lowest BCUT2D eigenvalue weighted by Crippen LogP contribution is -2.49. The Kier molecular flexibility index (Phi) is 4.03. The fourth-order valence-electron chi connectivity index (χ4n) is 1.83. The smallest absolute Gasteiger partial charge is 0.481 e. The third-order valence-electron chi connectivity index (χ3n) is 2.58. The van der Waals surface area contributed by atoms with Gasteiger partial charge in [0.1, 0.15) is 0 Å². The molecule has 0 saturated carbocycles. The minimum absolute atomic E-state index is 0.140. The molecule has 1 N–H and O–H groups in total. The Morgan fingerprint density at radius 3 is 2.41 bits per heavy atom. The summed E-state index contributed by atoms with van der Waals surface area (Å²) < 4.78 is 59.7. The van der Waals surface area contributed by atoms with Crippen LogP contribution in [0.2, 0.25) is 0 Å². The summed E-state index contributed by atoms with van der Waals surface area (Å²) >= 11 is 0. The van der Waals surface area contributed by atoms with E-state index in [-0.39, 0.29) is 17.3 Å². The molecule has 17 heavy (non-hydrogen) atoms. The molecule has 1 aliphatic heterocycles. The molecule has 0 aromatic heterocycles. The summed E-state index contributed by atoms with van der Waals surface area (Å²) in [6.45, 7) is -0.278. The number of carbonyl (C=O) groups is 1. The van der Waals surface area contributed by atoms with Crippen LogP contribution in [0.3, 0.4) is 0 Å². The molecule has 0 aromatic rings. The second kappa shape index (κ2) is 4.81. The van der Waals surface area contributed by atoms with E-state index in [0.717, 1.165) is 0 Å². The number of sulfonamides is 1. The van der Waals surface area contributed by atoms with Crippen LogP contribution in [0.1, 0.15) is 25.7 Å². The lowest BCUT2D eigenvalue weighted by atomic mass is 10.0. The number of nitrogens with zero attached hydrogens (tertiary/aromatic N) is 1. The van der Waals surface area contributed by atoms with Crippen LogP contribution >= 0.6 is 0 Å². The molecule has 1 saturated heterocycles. The largest absolute Gasteiger partial charge is 0.511 e. The normalized spacial score (nSPS) is 23.6. The lowest BCUT2D eigenvalue weighted by molar-refractivity contribution is -0.138. The Bertz CT molecular complexity index is 392. The average Bonchev–Trinajstić information content (AvgIpc) is 2.15. The Morgan fingerprint density at radius 2 is 1.94 bits per heavy atom. The van der Waals surface area contributed by atoms with Gasteiger partial charge in [-0.2, -0.15) is 17.5 Å². The van der Waals surface area contributed by atoms with Crippen molar-refractivity contribution in [3.8, 4) is 0 Å². The van der Waals surface area contributed by atoms with Gasteiger partial charge in [0.05, 0.1) is 6.42 Å². The number of aliphatic carboxylic acids is 1. The SMILES string of the molecule is O=C(O)CC1CCCCN1S(=O)(=O)C(F)(F)F. The van der Waals surface area contributed by atoms with Gasteiger partial charge in [0, 0.05) is 12.6 Å². The zero-order chi connectivity index (χ0) is 13.3. The van der Waals surface area contributed by atoms with E-state index in [1.54, 1.807) is 0 Å². The van der Waals surface area contributed by atoms with Crippen molar-refractivity contribution in [2.75, 3.05) is 6.54 Å². The summed E-state index contributed by atoms with van der Waals surface area (Å²) in [6, 6.07) is -1.10. The van der Waals surface area contributed by atoms with Crippen LogP contribution in [-0.2, 0) is 14.8 Å². The van der Waals surface area contributed by atoms with Gasteiger partial charge in [0.15, 0.2) is 0 Å². The highest BCUT2D eigenvalue weighted by Crippen LogP contribution is 2.32. The molecule has 9 heteroatoms. The molecule has 1 heterocycles. The second-order valence-corrected chi connectivity index (χ2v) is 5.69. The monoisotopic (exact) mass is 275 g/mol. The van der Waals surface area contributed by atoms with Crippen LogP contribution < -0.4 is 0 Å². The Labute approximate surface area is 96.3 Å². The summed E-state index contributed by atoms with van der Waals surface area (Å²) in [5, 5.41) is 8.55. The first kappa shape index (κ1) is 14.2. The average molecular weight is 275 g/mol. The van der Waals surface area contributed by atoms with Crippen LogP contribution in [0.5, 0.6) is 0 Å². The number of carboxylic acid groups (broad SMARTS) is 1. The first-order chi connectivity index (χ1) is 7.66. The molecule has 5 nitrogen and oxygen atoms in total. The Balaban J connectivity index is 2.96. The van der Waals surface area contributed by atoms with Crippen molar-refractivity contribution in [3.05, 3.63) is 0 Å². The maximum atomic E-state index is 12.4. The fraction of sp³-hybridized carbons (Fsp3) is 0.875. The Morgan fingerprint density at radius 1 is 1.35 bits per heavy atom. The summed E-state index contributed by atoms with van der Waals surface area (Å²) in [5.74, 6) is -1.31. The van der Waals surface area contributed by atoms with Gasteiger partial charge in [-0.1, -0.05) is 6.42 Å². The van der Waals surface area contributed by atoms with Crippen LogP contribution in [0.15, 0.2) is 0 Å². The maximum Gasteiger partial charge on any atom is 0.511 e. The van der Waals surface area contributed by atoms with Crippen LogP contribution in [-0.4, -0.2) is 41.9 Å². The highest BCUT2D eigenvalue weighted by atomic mass is 32.2. The standard InChI is InChI=1S/C8H12F3NO4S/c9-8(10,11)17(15,16)12-4-2-1-3-6(12)5-7(13)14/h6H,1-5H2,(H,13,14). The number of piperidine rings is 1. The van der Waals surface area contributed by atoms with E-state index in [1.807, 2.05) is 0 Å². The molecule has 1 unspecified atom stereocenters. The molecular weight excluding hydrogens is 263 g/mol. The second-order valence-electron chi connectivity index (χ2n) is 3.81. The Hall–Kier alpha value is -0.830. The summed E-state index contributed by atoms with van der Waals surface area (Å²) in [5.41, 5.74) is -5.37. The third kappa shape index (κ3) is 3.09. The lowest BCUT2D eigenvalue weighted by Gasteiger charge is -2.34. The third-order valence-corrected chi connectivity index (χ3v) is 4.27. The first-order valence-electron chi connectivity index (χ1n) is 4.96. The van der Waals surface area contributed by atoms with Crippen molar-refractivity contribution in [2.24, 2.45) is 0 Å². The minimum atomic E-state index is -5.42. The quantitative estimate of drug-likeness (QED) is 0.838. The van der Waals surface area contributed by atoms with Gasteiger partial charge < -0.3 is 5.11 Å². The van der Waals surface area contributed by atoms with E-state index in [1.165, 1.54) is 0 Å². The molecule has 0 bridgehead atoms. The van der Waals surface area contributed by atoms with Gasteiger partial charge in [-0.15, -0.1) is 0 Å². The maximum absolute atomic E-state index is 12.4. The molecule has 1 rings (SSSR count). The van der Waals surface area contributed by atoms with Crippen molar-refractivity contribution < 1.29 is 31.5 Å². The topological polar surface area (TPSA) is 74.7 Å². The number of rotatable bonds is 3. The van der Waals surface area contributed by atoms with Crippen molar-refractivity contribution in [3.63, 3.8) is 0 Å². The minimum Gasteiger partial charge on any atom is -0.481 e. The summed E-state index contributed by atoms with van der Waals surface area (Å²) in [6.07, 6.45) is 0.379. The van der Waals surface area contributed by atoms with Crippen molar-refractivity contribution in [2.45, 2.75) is 37.2 Å². The molecular formula is C8H12F3NO4S. The molecule has 1 fully saturated rings. The fourth-order valence-corrected chi connectivity index (χ4v) is 3.04. The zero-order valence-electron chi connectivity index (χ0n) is 8.77. The van der Waals surface area contributed by atoms with E-state index in [9.17, 15) is 26.4 Å². The van der Waals surface area contributed by atoms with Crippen molar-refractivity contribution >= 4 is 16.0 Å². The highest BCUT2D eigenvalue weighted by molar-refractivity contribution is 7.90. The molecule has 0 spiro atoms. The molecule has 0 aromatic carbocycles. The molecule has 0 aliphatic carbocycles. The van der Waals surface area contributed by atoms with Crippen LogP contribution in [0, 0.1) is 0 Å². The zero-order valence-corrected chi connectivity index (χ0v) is 9.59. The van der Waals surface area contributed by atoms with Crippen LogP contribution in [0.4, 0.5) is 13.2 Å². The van der Waals surface area contributed by atoms with E-state index >= 15 is 0 Å². The molecule has 100 valence electrons. The van der Waals surface area contributed by atoms with Crippen molar-refractivity contribution in [1.82, 2.24) is 4.31 Å². The number of halogens is 3.